The van der Waals surface area contributed by atoms with E-state index in [1.54, 1.807) is 6.07 Å². The van der Waals surface area contributed by atoms with Crippen LogP contribution in [-0.2, 0) is 0 Å². The molecule has 0 heterocycles. The van der Waals surface area contributed by atoms with Crippen molar-refractivity contribution in [2.24, 2.45) is 4.99 Å². The number of nitrogens with zero attached hydrogens (tertiary/aromatic N) is 1. The first-order chi connectivity index (χ1) is 9.22. The van der Waals surface area contributed by atoms with E-state index in [2.05, 4.69) is 26.0 Å². The second kappa shape index (κ2) is 6.19. The summed E-state index contributed by atoms with van der Waals surface area (Å²) in [7, 11) is 0. The molecule has 0 aromatic heterocycles. The van der Waals surface area contributed by atoms with Gasteiger partial charge in [-0.1, -0.05) is 49.4 Å². The van der Waals surface area contributed by atoms with Crippen molar-refractivity contribution >= 4 is 5.71 Å². The standard InChI is InChI=1S/C17H19NO/c1-3-16(15-11-7-8-12-17(15)19)18-13(2)14-9-5-4-6-10-14/h4-13,19H,3H2,1-2H3/t13-/m1/s1. The van der Waals surface area contributed by atoms with Gasteiger partial charge in [0.1, 0.15) is 5.75 Å². The Hall–Kier alpha value is -2.09. The molecule has 2 aromatic carbocycles. The third-order valence-corrected chi connectivity index (χ3v) is 3.18. The van der Waals surface area contributed by atoms with Gasteiger partial charge < -0.3 is 5.11 Å². The van der Waals surface area contributed by atoms with Crippen molar-refractivity contribution in [3.8, 4) is 5.75 Å². The number of aromatic hydroxyl groups is 1. The summed E-state index contributed by atoms with van der Waals surface area (Å²) in [5, 5.41) is 9.91. The van der Waals surface area contributed by atoms with Crippen LogP contribution in [0.15, 0.2) is 59.6 Å². The molecule has 0 fully saturated rings. The molecule has 0 aliphatic heterocycles. The molecule has 2 aromatic rings. The van der Waals surface area contributed by atoms with Gasteiger partial charge in [0.05, 0.1) is 6.04 Å². The molecule has 0 saturated carbocycles. The van der Waals surface area contributed by atoms with Crippen molar-refractivity contribution in [2.75, 3.05) is 0 Å². The van der Waals surface area contributed by atoms with Crippen molar-refractivity contribution < 1.29 is 5.11 Å². The fourth-order valence-electron chi connectivity index (χ4n) is 2.11. The first kappa shape index (κ1) is 13.3. The van der Waals surface area contributed by atoms with Crippen molar-refractivity contribution in [2.45, 2.75) is 26.3 Å². The number of hydrogen-bond donors (Lipinski definition) is 1. The molecule has 2 heteroatoms. The third kappa shape index (κ3) is 3.22. The summed E-state index contributed by atoms with van der Waals surface area (Å²) in [6, 6.07) is 17.7. The molecule has 0 bridgehead atoms. The van der Waals surface area contributed by atoms with E-state index < -0.39 is 0 Å². The Kier molecular flexibility index (Phi) is 4.35. The number of aliphatic imine (C=N–C) groups is 1. The summed E-state index contributed by atoms with van der Waals surface area (Å²) < 4.78 is 0. The Labute approximate surface area is 114 Å². The van der Waals surface area contributed by atoms with E-state index in [0.29, 0.717) is 5.75 Å². The number of para-hydroxylation sites is 1. The zero-order valence-electron chi connectivity index (χ0n) is 11.4. The van der Waals surface area contributed by atoms with Crippen molar-refractivity contribution in [3.05, 3.63) is 65.7 Å². The van der Waals surface area contributed by atoms with E-state index in [4.69, 9.17) is 4.99 Å². The lowest BCUT2D eigenvalue weighted by molar-refractivity contribution is 0.474. The molecule has 1 N–H and O–H groups in total. The van der Waals surface area contributed by atoms with Gasteiger partial charge in [-0.05, 0) is 31.0 Å². The molecule has 1 atom stereocenters. The molecular formula is C17H19NO. The minimum absolute atomic E-state index is 0.0933. The van der Waals surface area contributed by atoms with Gasteiger partial charge in [-0.3, -0.25) is 4.99 Å². The van der Waals surface area contributed by atoms with Crippen LogP contribution in [0.3, 0.4) is 0 Å². The zero-order chi connectivity index (χ0) is 13.7. The summed E-state index contributed by atoms with van der Waals surface area (Å²) in [6.45, 7) is 4.13. The molecule has 0 saturated heterocycles. The maximum absolute atomic E-state index is 9.91. The van der Waals surface area contributed by atoms with Gasteiger partial charge >= 0.3 is 0 Å². The van der Waals surface area contributed by atoms with Crippen LogP contribution in [0, 0.1) is 0 Å². The Bertz CT molecular complexity index is 560. The summed E-state index contributed by atoms with van der Waals surface area (Å²) in [6.07, 6.45) is 0.800. The molecule has 0 aliphatic rings. The van der Waals surface area contributed by atoms with Gasteiger partial charge in [0.25, 0.3) is 0 Å². The molecule has 2 nitrogen and oxygen atoms in total. The Balaban J connectivity index is 2.32. The number of hydrogen-bond acceptors (Lipinski definition) is 2. The molecule has 0 spiro atoms. The maximum Gasteiger partial charge on any atom is 0.124 e. The van der Waals surface area contributed by atoms with E-state index in [1.807, 2.05) is 36.4 Å². The predicted octanol–water partition coefficient (Wildman–Crippen LogP) is 4.35. The Morgan fingerprint density at radius 2 is 1.68 bits per heavy atom. The number of phenolic OH excluding ortho intramolecular Hbond substituents is 1. The predicted molar refractivity (Wildman–Crippen MR) is 79.8 cm³/mol. The molecule has 0 amide bonds. The highest BCUT2D eigenvalue weighted by atomic mass is 16.3. The summed E-state index contributed by atoms with van der Waals surface area (Å²) in [5.41, 5.74) is 2.95. The van der Waals surface area contributed by atoms with Crippen LogP contribution in [0.1, 0.15) is 37.4 Å². The van der Waals surface area contributed by atoms with Crippen molar-refractivity contribution in [1.82, 2.24) is 0 Å². The first-order valence-corrected chi connectivity index (χ1v) is 6.62. The van der Waals surface area contributed by atoms with Crippen LogP contribution in [0.2, 0.25) is 0 Å². The summed E-state index contributed by atoms with van der Waals surface area (Å²) in [4.78, 5) is 4.75. The fraction of sp³-hybridized carbons (Fsp3) is 0.235. The average molecular weight is 253 g/mol. The topological polar surface area (TPSA) is 32.6 Å². The maximum atomic E-state index is 9.91. The highest BCUT2D eigenvalue weighted by Gasteiger charge is 2.09. The smallest absolute Gasteiger partial charge is 0.124 e. The summed E-state index contributed by atoms with van der Waals surface area (Å²) in [5.74, 6) is 0.295. The lowest BCUT2D eigenvalue weighted by Gasteiger charge is -2.11. The van der Waals surface area contributed by atoms with Crippen LogP contribution in [0.5, 0.6) is 5.75 Å². The fourth-order valence-corrected chi connectivity index (χ4v) is 2.11. The second-order valence-electron chi connectivity index (χ2n) is 4.53. The zero-order valence-corrected chi connectivity index (χ0v) is 11.4. The van der Waals surface area contributed by atoms with Crippen LogP contribution in [0.25, 0.3) is 0 Å². The van der Waals surface area contributed by atoms with Crippen molar-refractivity contribution in [1.29, 1.82) is 0 Å². The number of phenols is 1. The normalized spacial score (nSPS) is 13.3. The molecule has 19 heavy (non-hydrogen) atoms. The summed E-state index contributed by atoms with van der Waals surface area (Å²) >= 11 is 0. The van der Waals surface area contributed by atoms with E-state index >= 15 is 0 Å². The Morgan fingerprint density at radius 1 is 1.05 bits per heavy atom. The van der Waals surface area contributed by atoms with E-state index in [0.717, 1.165) is 17.7 Å². The van der Waals surface area contributed by atoms with Crippen LogP contribution in [-0.4, -0.2) is 10.8 Å². The van der Waals surface area contributed by atoms with Gasteiger partial charge in [0.2, 0.25) is 0 Å². The molecule has 98 valence electrons. The van der Waals surface area contributed by atoms with Crippen LogP contribution >= 0.6 is 0 Å². The van der Waals surface area contributed by atoms with Crippen molar-refractivity contribution in [3.63, 3.8) is 0 Å². The van der Waals surface area contributed by atoms with Gasteiger partial charge in [-0.25, -0.2) is 0 Å². The molecule has 0 unspecified atom stereocenters. The van der Waals surface area contributed by atoms with Crippen LogP contribution in [0.4, 0.5) is 0 Å². The number of benzene rings is 2. The van der Waals surface area contributed by atoms with E-state index in [-0.39, 0.29) is 6.04 Å². The van der Waals surface area contributed by atoms with E-state index in [9.17, 15) is 5.11 Å². The lowest BCUT2D eigenvalue weighted by atomic mass is 10.0. The molecular weight excluding hydrogens is 234 g/mol. The first-order valence-electron chi connectivity index (χ1n) is 6.62. The minimum Gasteiger partial charge on any atom is -0.507 e. The molecule has 2 rings (SSSR count). The molecule has 0 radical (unpaired) electrons. The van der Waals surface area contributed by atoms with Gasteiger partial charge in [-0.2, -0.15) is 0 Å². The van der Waals surface area contributed by atoms with Gasteiger partial charge in [0, 0.05) is 11.3 Å². The third-order valence-electron chi connectivity index (χ3n) is 3.18. The molecule has 0 aliphatic carbocycles. The quantitative estimate of drug-likeness (QED) is 0.807. The lowest BCUT2D eigenvalue weighted by Crippen LogP contribution is -2.02. The Morgan fingerprint density at radius 3 is 2.32 bits per heavy atom. The second-order valence-corrected chi connectivity index (χ2v) is 4.53. The largest absolute Gasteiger partial charge is 0.507 e. The SMILES string of the molecule is CCC(=N[C@H](C)c1ccccc1)c1ccccc1O. The van der Waals surface area contributed by atoms with Gasteiger partial charge in [0.15, 0.2) is 0 Å². The van der Waals surface area contributed by atoms with Gasteiger partial charge in [-0.15, -0.1) is 0 Å². The average Bonchev–Trinajstić information content (AvgIpc) is 2.46. The van der Waals surface area contributed by atoms with E-state index in [1.165, 1.54) is 5.56 Å². The monoisotopic (exact) mass is 253 g/mol. The minimum atomic E-state index is 0.0933. The highest BCUT2D eigenvalue weighted by Crippen LogP contribution is 2.22. The highest BCUT2D eigenvalue weighted by molar-refractivity contribution is 6.02. The number of rotatable bonds is 4. The van der Waals surface area contributed by atoms with Crippen LogP contribution < -0.4 is 0 Å².